The van der Waals surface area contributed by atoms with Gasteiger partial charge in [0.1, 0.15) is 0 Å². The number of rotatable bonds is 0. The molecule has 0 radical (unpaired) electrons. The summed E-state index contributed by atoms with van der Waals surface area (Å²) in [6.07, 6.45) is 12.9. The number of aromatic amines is 1. The Kier molecular flexibility index (Phi) is 19.1. The van der Waals surface area contributed by atoms with Crippen molar-refractivity contribution in [2.45, 2.75) is 20.3 Å². The van der Waals surface area contributed by atoms with Crippen LogP contribution in [0, 0.1) is 19.7 Å². The fraction of sp³-hybridized carbons (Fsp3) is 0.176. The van der Waals surface area contributed by atoms with E-state index >= 15 is 0 Å². The monoisotopic (exact) mass is 358 g/mol. The van der Waals surface area contributed by atoms with E-state index in [0.717, 1.165) is 11.9 Å². The normalized spacial score (nSPS) is 9.76. The number of para-hydroxylation sites is 1. The Labute approximate surface area is 152 Å². The molecule has 0 fully saturated rings. The molecular formula is C17H22Cl2NTi-3. The minimum atomic E-state index is 0. The number of fused-ring (bicyclic) bond motifs is 1. The quantitative estimate of drug-likeness (QED) is 0.485. The molecule has 0 aliphatic heterocycles. The molecule has 0 bridgehead atoms. The van der Waals surface area contributed by atoms with Crippen LogP contribution in [0.5, 0.6) is 0 Å². The zero-order valence-corrected chi connectivity index (χ0v) is 15.8. The zero-order valence-electron chi connectivity index (χ0n) is 12.6. The molecule has 3 rings (SSSR count). The summed E-state index contributed by atoms with van der Waals surface area (Å²) in [5, 5.41) is 1.22. The molecule has 0 saturated heterocycles. The van der Waals surface area contributed by atoms with Crippen LogP contribution in [-0.2, 0) is 20.0 Å². The van der Waals surface area contributed by atoms with E-state index in [1.54, 1.807) is 0 Å². The van der Waals surface area contributed by atoms with Crippen molar-refractivity contribution in [2.75, 3.05) is 0 Å². The number of nitrogens with one attached hydrogen (secondary N) is 1. The van der Waals surface area contributed by atoms with Crippen LogP contribution < -0.4 is 0 Å². The molecule has 1 heterocycles. The maximum absolute atomic E-state index is 2.99. The summed E-state index contributed by atoms with van der Waals surface area (Å²) < 4.78 is 1.42. The molecule has 0 spiro atoms. The van der Waals surface area contributed by atoms with Crippen molar-refractivity contribution in [3.05, 3.63) is 68.3 Å². The van der Waals surface area contributed by atoms with Gasteiger partial charge in [0, 0.05) is 0 Å². The maximum atomic E-state index is 2.99. The molecule has 116 valence electrons. The Bertz CT molecular complexity index is 500. The summed E-state index contributed by atoms with van der Waals surface area (Å²) in [7, 11) is 0. The van der Waals surface area contributed by atoms with E-state index in [1.807, 2.05) is 36.4 Å². The summed E-state index contributed by atoms with van der Waals surface area (Å²) in [6, 6.07) is 10.1. The smallest absolute Gasteiger partial charge is 0.0745 e. The summed E-state index contributed by atoms with van der Waals surface area (Å²) in [4.78, 5) is 2.99. The van der Waals surface area contributed by atoms with Crippen LogP contribution in [0.25, 0.3) is 10.9 Å². The van der Waals surface area contributed by atoms with E-state index in [9.17, 15) is 0 Å². The van der Waals surface area contributed by atoms with Crippen molar-refractivity contribution in [1.82, 2.24) is 4.98 Å². The van der Waals surface area contributed by atoms with E-state index in [4.69, 9.17) is 0 Å². The van der Waals surface area contributed by atoms with Gasteiger partial charge in [-0.25, -0.2) is 12.2 Å². The fourth-order valence-electron chi connectivity index (χ4n) is 1.27. The van der Waals surface area contributed by atoms with Crippen LogP contribution in [0.1, 0.15) is 20.3 Å². The van der Waals surface area contributed by atoms with Gasteiger partial charge in [-0.1, -0.05) is 12.1 Å². The van der Waals surface area contributed by atoms with Gasteiger partial charge in [0.05, 0.1) is 0 Å². The van der Waals surface area contributed by atoms with E-state index in [-0.39, 0.29) is 32.2 Å². The topological polar surface area (TPSA) is 15.8 Å². The second kappa shape index (κ2) is 15.8. The number of benzene rings is 1. The molecule has 2 aromatic rings. The number of aromatic nitrogens is 1. The van der Waals surface area contributed by atoms with Crippen LogP contribution >= 0.6 is 24.8 Å². The van der Waals surface area contributed by atoms with Gasteiger partial charge in [0.15, 0.2) is 0 Å². The van der Waals surface area contributed by atoms with Crippen LogP contribution in [0.3, 0.4) is 0 Å². The first-order valence-electron chi connectivity index (χ1n) is 5.87. The Morgan fingerprint density at radius 2 is 1.81 bits per heavy atom. The minimum Gasteiger partial charge on any atom is -0.477 e. The van der Waals surface area contributed by atoms with Crippen LogP contribution in [0.15, 0.2) is 48.6 Å². The number of allylic oxidation sites excluding steroid dienone is 4. The molecule has 1 aromatic heterocycles. The van der Waals surface area contributed by atoms with E-state index in [0.29, 0.717) is 0 Å². The van der Waals surface area contributed by atoms with Crippen LogP contribution in [-0.4, -0.2) is 8.80 Å². The predicted molar refractivity (Wildman–Crippen MR) is 96.0 cm³/mol. The van der Waals surface area contributed by atoms with Crippen LogP contribution in [0.2, 0.25) is 0 Å². The first kappa shape index (κ1) is 25.4. The summed E-state index contributed by atoms with van der Waals surface area (Å²) in [5.41, 5.74) is 1.15. The Morgan fingerprint density at radius 3 is 2.24 bits per heavy atom. The minimum absolute atomic E-state index is 0. The standard InChI is InChI=1S/C8H6N.C5H5.C3H6.CH3.2ClH.Ti/c1-2-4-8-7(3-1)5-6-9-8;1-2-4-5-3-1;1-3-2;;;;/h1-5,9H;1-3H,4H2;1-2H3;1H3;2*1H;/q2*-1;;-1;;;. The molecule has 1 aliphatic carbocycles. The molecule has 1 aliphatic rings. The van der Waals surface area contributed by atoms with Gasteiger partial charge >= 0.3 is 37.6 Å². The van der Waals surface area contributed by atoms with Crippen molar-refractivity contribution in [2.24, 2.45) is 0 Å². The van der Waals surface area contributed by atoms with Gasteiger partial charge in [-0.05, 0) is 0 Å². The summed E-state index contributed by atoms with van der Waals surface area (Å²) in [6.45, 7) is 4.17. The zero-order chi connectivity index (χ0) is 13.2. The molecule has 0 amide bonds. The van der Waals surface area contributed by atoms with E-state index in [1.165, 1.54) is 9.20 Å². The molecular weight excluding hydrogens is 337 g/mol. The Balaban J connectivity index is -0.000000238. The van der Waals surface area contributed by atoms with E-state index in [2.05, 4.69) is 63.2 Å². The van der Waals surface area contributed by atoms with Crippen molar-refractivity contribution in [1.29, 1.82) is 0 Å². The summed E-state index contributed by atoms with van der Waals surface area (Å²) >= 11 is 2.08. The first-order chi connectivity index (χ1) is 8.70. The molecule has 4 heteroatoms. The Morgan fingerprint density at radius 1 is 1.19 bits per heavy atom. The summed E-state index contributed by atoms with van der Waals surface area (Å²) in [5.74, 6) is 0. The maximum Gasteiger partial charge on any atom is -0.0745 e. The number of hydrogen-bond donors (Lipinski definition) is 1. The van der Waals surface area contributed by atoms with E-state index < -0.39 is 0 Å². The molecule has 21 heavy (non-hydrogen) atoms. The third-order valence-electron chi connectivity index (χ3n) is 1.98. The average Bonchev–Trinajstić information content (AvgIpc) is 3.03. The van der Waals surface area contributed by atoms with Gasteiger partial charge in [-0.3, -0.25) is 6.08 Å². The van der Waals surface area contributed by atoms with Gasteiger partial charge in [0.2, 0.25) is 0 Å². The molecule has 1 N–H and O–H groups in total. The molecule has 1 nitrogen and oxygen atoms in total. The second-order valence-corrected chi connectivity index (χ2v) is 5.57. The van der Waals surface area contributed by atoms with Gasteiger partial charge in [0.25, 0.3) is 0 Å². The van der Waals surface area contributed by atoms with Gasteiger partial charge in [-0.15, -0.1) is 55.1 Å². The molecule has 0 atom stereocenters. The first-order valence-corrected chi connectivity index (χ1v) is 6.65. The van der Waals surface area contributed by atoms with Crippen molar-refractivity contribution in [3.8, 4) is 0 Å². The van der Waals surface area contributed by atoms with Crippen molar-refractivity contribution in [3.63, 3.8) is 0 Å². The molecule has 0 saturated carbocycles. The molecule has 1 aromatic carbocycles. The fourth-order valence-corrected chi connectivity index (χ4v) is 1.27. The second-order valence-electron chi connectivity index (χ2n) is 4.00. The van der Waals surface area contributed by atoms with Crippen molar-refractivity contribution < 1.29 is 20.0 Å². The van der Waals surface area contributed by atoms with Gasteiger partial charge in [-0.2, -0.15) is 17.5 Å². The predicted octanol–water partition coefficient (Wildman–Crippen LogP) is 5.31. The number of hydrogen-bond acceptors (Lipinski definition) is 0. The Hall–Kier alpha value is -0.596. The largest absolute Gasteiger partial charge is 0.477 e. The van der Waals surface area contributed by atoms with Gasteiger partial charge < -0.3 is 12.4 Å². The SMILES string of the molecule is C[C](C)=[Ti].Cl.Cl.[C-]1=CC=CC1.[CH3-].[c-]1cc2ccccc2[nH]1. The van der Waals surface area contributed by atoms with Crippen LogP contribution in [0.4, 0.5) is 0 Å². The van der Waals surface area contributed by atoms with Crippen molar-refractivity contribution >= 4 is 39.5 Å². The number of halogens is 2. The number of H-pyrrole nitrogens is 1. The molecule has 0 unspecified atom stereocenters. The third-order valence-corrected chi connectivity index (χ3v) is 1.98. The average molecular weight is 359 g/mol. The third kappa shape index (κ3) is 12.8.